The van der Waals surface area contributed by atoms with Crippen LogP contribution in [0.4, 0.5) is 0 Å². The largest absolute Gasteiger partial charge is 0.423 e. The Kier molecular flexibility index (Phi) is 5.13. The monoisotopic (exact) mass is 400 g/mol. The lowest BCUT2D eigenvalue weighted by Crippen LogP contribution is -2.11. The molecule has 3 aromatic carbocycles. The first-order valence-electron chi connectivity index (χ1n) is 9.14. The molecule has 1 aromatic heterocycles. The van der Waals surface area contributed by atoms with Crippen molar-refractivity contribution in [3.05, 3.63) is 106 Å². The van der Waals surface area contributed by atoms with Gasteiger partial charge >= 0.3 is 17.6 Å². The maximum atomic E-state index is 12.6. The van der Waals surface area contributed by atoms with E-state index >= 15 is 0 Å². The van der Waals surface area contributed by atoms with Crippen molar-refractivity contribution in [2.24, 2.45) is 0 Å². The highest BCUT2D eigenvalue weighted by Crippen LogP contribution is 2.33. The van der Waals surface area contributed by atoms with E-state index in [1.165, 1.54) is 18.2 Å². The lowest BCUT2D eigenvalue weighted by molar-refractivity contribution is 0.0734. The summed E-state index contributed by atoms with van der Waals surface area (Å²) >= 11 is 0. The van der Waals surface area contributed by atoms with Crippen molar-refractivity contribution in [1.29, 1.82) is 0 Å². The van der Waals surface area contributed by atoms with Crippen LogP contribution in [0.5, 0.6) is 11.5 Å². The molecular formula is C24H16O6. The maximum absolute atomic E-state index is 12.6. The van der Waals surface area contributed by atoms with Gasteiger partial charge in [-0.3, -0.25) is 0 Å². The molecule has 0 aliphatic carbocycles. The van der Waals surface area contributed by atoms with Crippen molar-refractivity contribution in [3.63, 3.8) is 0 Å². The van der Waals surface area contributed by atoms with Crippen LogP contribution in [0.2, 0.25) is 0 Å². The van der Waals surface area contributed by atoms with Gasteiger partial charge in [0.15, 0.2) is 0 Å². The van der Waals surface area contributed by atoms with Crippen LogP contribution in [0.25, 0.3) is 11.0 Å². The van der Waals surface area contributed by atoms with Crippen molar-refractivity contribution < 1.29 is 23.5 Å². The number of esters is 2. The second kappa shape index (κ2) is 8.05. The van der Waals surface area contributed by atoms with E-state index < -0.39 is 17.6 Å². The van der Waals surface area contributed by atoms with E-state index in [2.05, 4.69) is 0 Å². The first-order valence-corrected chi connectivity index (χ1v) is 9.14. The van der Waals surface area contributed by atoms with Gasteiger partial charge in [-0.2, -0.15) is 0 Å². The van der Waals surface area contributed by atoms with Crippen molar-refractivity contribution in [1.82, 2.24) is 0 Å². The average molecular weight is 400 g/mol. The van der Waals surface area contributed by atoms with Gasteiger partial charge in [0, 0.05) is 18.2 Å². The summed E-state index contributed by atoms with van der Waals surface area (Å²) in [6, 6.07) is 21.1. The topological polar surface area (TPSA) is 82.8 Å². The number of ether oxygens (including phenoxy) is 2. The molecule has 6 heteroatoms. The van der Waals surface area contributed by atoms with E-state index in [0.717, 1.165) is 0 Å². The average Bonchev–Trinajstić information content (AvgIpc) is 2.74. The zero-order chi connectivity index (χ0) is 21.1. The van der Waals surface area contributed by atoms with Crippen LogP contribution in [-0.4, -0.2) is 11.9 Å². The minimum absolute atomic E-state index is 0.0842. The van der Waals surface area contributed by atoms with Crippen molar-refractivity contribution >= 4 is 22.9 Å². The van der Waals surface area contributed by atoms with E-state index in [4.69, 9.17) is 13.9 Å². The molecule has 0 amide bonds. The van der Waals surface area contributed by atoms with Crippen LogP contribution in [0, 0.1) is 6.92 Å². The Morgan fingerprint density at radius 2 is 1.33 bits per heavy atom. The van der Waals surface area contributed by atoms with Gasteiger partial charge in [0.25, 0.3) is 0 Å². The highest BCUT2D eigenvalue weighted by Gasteiger charge is 2.18. The number of hydrogen-bond donors (Lipinski definition) is 0. The zero-order valence-corrected chi connectivity index (χ0v) is 16.0. The standard InChI is InChI=1S/C24H16O6/c1-15-12-21(25)29-19-13-18(28-23(26)16-8-4-2-5-9-16)14-20(22(15)19)30-24(27)17-10-6-3-7-11-17/h2-14H,1H3. The first kappa shape index (κ1) is 19.1. The molecule has 0 spiro atoms. The fourth-order valence-electron chi connectivity index (χ4n) is 3.03. The molecule has 0 unspecified atom stereocenters. The highest BCUT2D eigenvalue weighted by atomic mass is 16.5. The van der Waals surface area contributed by atoms with E-state index in [1.807, 2.05) is 0 Å². The number of hydrogen-bond acceptors (Lipinski definition) is 6. The summed E-state index contributed by atoms with van der Waals surface area (Å²) in [6.45, 7) is 1.70. The van der Waals surface area contributed by atoms with Gasteiger partial charge in [-0.05, 0) is 36.8 Å². The summed E-state index contributed by atoms with van der Waals surface area (Å²) in [4.78, 5) is 36.8. The van der Waals surface area contributed by atoms with Crippen LogP contribution >= 0.6 is 0 Å². The molecule has 0 radical (unpaired) electrons. The lowest BCUT2D eigenvalue weighted by Gasteiger charge is -2.12. The van der Waals surface area contributed by atoms with Gasteiger partial charge in [-0.25, -0.2) is 14.4 Å². The second-order valence-electron chi connectivity index (χ2n) is 6.55. The second-order valence-corrected chi connectivity index (χ2v) is 6.55. The maximum Gasteiger partial charge on any atom is 0.343 e. The molecule has 30 heavy (non-hydrogen) atoms. The van der Waals surface area contributed by atoms with Gasteiger partial charge in [-0.15, -0.1) is 0 Å². The van der Waals surface area contributed by atoms with Gasteiger partial charge < -0.3 is 13.9 Å². The number of benzene rings is 3. The molecule has 148 valence electrons. The molecule has 0 saturated heterocycles. The predicted molar refractivity (Wildman–Crippen MR) is 110 cm³/mol. The Bertz CT molecular complexity index is 1290. The number of carbonyl (C=O) groups excluding carboxylic acids is 2. The molecule has 1 heterocycles. The summed E-state index contributed by atoms with van der Waals surface area (Å²) in [6.07, 6.45) is 0. The summed E-state index contributed by atoms with van der Waals surface area (Å²) < 4.78 is 16.3. The van der Waals surface area contributed by atoms with Crippen molar-refractivity contribution in [2.75, 3.05) is 0 Å². The summed E-state index contributed by atoms with van der Waals surface area (Å²) in [7, 11) is 0. The number of carbonyl (C=O) groups is 2. The molecule has 4 aromatic rings. The quantitative estimate of drug-likeness (QED) is 0.284. The lowest BCUT2D eigenvalue weighted by atomic mass is 10.1. The fourth-order valence-corrected chi connectivity index (χ4v) is 3.03. The molecule has 0 N–H and O–H groups in total. The minimum Gasteiger partial charge on any atom is -0.423 e. The van der Waals surface area contributed by atoms with Crippen LogP contribution in [0.15, 0.2) is 88.1 Å². The molecule has 4 rings (SSSR count). The minimum atomic E-state index is -0.592. The number of fused-ring (bicyclic) bond motifs is 1. The third-order valence-corrected chi connectivity index (χ3v) is 4.41. The van der Waals surface area contributed by atoms with Crippen molar-refractivity contribution in [2.45, 2.75) is 6.92 Å². The number of aryl methyl sites for hydroxylation is 1. The molecule has 6 nitrogen and oxygen atoms in total. The Balaban J connectivity index is 1.76. The molecule has 0 aliphatic heterocycles. The van der Waals surface area contributed by atoms with Crippen LogP contribution < -0.4 is 15.1 Å². The van der Waals surface area contributed by atoms with Gasteiger partial charge in [0.1, 0.15) is 17.1 Å². The molecule has 0 saturated carbocycles. The van der Waals surface area contributed by atoms with Crippen LogP contribution in [-0.2, 0) is 0 Å². The Hall–Kier alpha value is -4.19. The highest BCUT2D eigenvalue weighted by molar-refractivity contribution is 5.96. The molecular weight excluding hydrogens is 384 g/mol. The van der Waals surface area contributed by atoms with E-state index in [9.17, 15) is 14.4 Å². The normalized spacial score (nSPS) is 10.6. The predicted octanol–water partition coefficient (Wildman–Crippen LogP) is 4.54. The molecule has 0 bridgehead atoms. The Morgan fingerprint density at radius 3 is 1.93 bits per heavy atom. The van der Waals surface area contributed by atoms with E-state index in [0.29, 0.717) is 22.1 Å². The number of rotatable bonds is 4. The summed E-state index contributed by atoms with van der Waals surface area (Å²) in [5, 5.41) is 0.443. The fraction of sp³-hybridized carbons (Fsp3) is 0.0417. The first-order chi connectivity index (χ1) is 14.5. The molecule has 0 fully saturated rings. The van der Waals surface area contributed by atoms with Crippen molar-refractivity contribution in [3.8, 4) is 11.5 Å². The zero-order valence-electron chi connectivity index (χ0n) is 16.0. The molecule has 0 aliphatic rings. The Morgan fingerprint density at radius 1 is 0.767 bits per heavy atom. The van der Waals surface area contributed by atoms with E-state index in [1.54, 1.807) is 67.6 Å². The van der Waals surface area contributed by atoms with Crippen LogP contribution in [0.1, 0.15) is 26.3 Å². The smallest absolute Gasteiger partial charge is 0.343 e. The summed E-state index contributed by atoms with van der Waals surface area (Å²) in [5.74, 6) is -0.973. The van der Waals surface area contributed by atoms with Gasteiger partial charge in [0.2, 0.25) is 0 Å². The molecule has 0 atom stereocenters. The summed E-state index contributed by atoms with van der Waals surface area (Å²) in [5.41, 5.74) is 0.859. The third kappa shape index (κ3) is 3.98. The van der Waals surface area contributed by atoms with Gasteiger partial charge in [-0.1, -0.05) is 36.4 Å². The van der Waals surface area contributed by atoms with E-state index in [-0.39, 0.29) is 17.1 Å². The third-order valence-electron chi connectivity index (χ3n) is 4.41. The SMILES string of the molecule is Cc1cc(=O)oc2cc(OC(=O)c3ccccc3)cc(OC(=O)c3ccccc3)c12. The van der Waals surface area contributed by atoms with Crippen LogP contribution in [0.3, 0.4) is 0 Å². The Labute approximate surface area is 171 Å². The van der Waals surface area contributed by atoms with Gasteiger partial charge in [0.05, 0.1) is 16.5 Å².